The SMILES string of the molecule is Cc1cc(OCCN(C)C)c(Cl)cc1N1CCNCC1. The van der Waals surface area contributed by atoms with Gasteiger partial charge in [0.05, 0.1) is 5.02 Å². The molecule has 0 aromatic heterocycles. The standard InChI is InChI=1S/C15H24ClN3O/c1-12-10-15(20-9-8-18(2)3)13(16)11-14(12)19-6-4-17-5-7-19/h10-11,17H,4-9H2,1-3H3. The summed E-state index contributed by atoms with van der Waals surface area (Å²) in [6, 6.07) is 4.09. The van der Waals surface area contributed by atoms with Crippen molar-refractivity contribution in [1.82, 2.24) is 10.2 Å². The molecular weight excluding hydrogens is 274 g/mol. The number of hydrogen-bond acceptors (Lipinski definition) is 4. The molecule has 4 nitrogen and oxygen atoms in total. The van der Waals surface area contributed by atoms with Crippen molar-refractivity contribution in [3.8, 4) is 5.75 Å². The summed E-state index contributed by atoms with van der Waals surface area (Å²) >= 11 is 6.36. The van der Waals surface area contributed by atoms with E-state index in [1.54, 1.807) is 0 Å². The molecule has 0 saturated carbocycles. The van der Waals surface area contributed by atoms with Crippen molar-refractivity contribution < 1.29 is 4.74 Å². The number of aryl methyl sites for hydroxylation is 1. The van der Waals surface area contributed by atoms with Gasteiger partial charge in [-0.15, -0.1) is 0 Å². The highest BCUT2D eigenvalue weighted by molar-refractivity contribution is 6.32. The van der Waals surface area contributed by atoms with Gasteiger partial charge in [-0.1, -0.05) is 11.6 Å². The van der Waals surface area contributed by atoms with Crippen LogP contribution in [0.4, 0.5) is 5.69 Å². The minimum absolute atomic E-state index is 0.652. The molecule has 0 unspecified atom stereocenters. The summed E-state index contributed by atoms with van der Waals surface area (Å²) in [7, 11) is 4.06. The average molecular weight is 298 g/mol. The minimum atomic E-state index is 0.652. The van der Waals surface area contributed by atoms with Gasteiger partial charge in [-0.25, -0.2) is 0 Å². The Labute approximate surface area is 126 Å². The van der Waals surface area contributed by atoms with Crippen molar-refractivity contribution in [3.63, 3.8) is 0 Å². The fourth-order valence-electron chi connectivity index (χ4n) is 2.34. The molecule has 1 N–H and O–H groups in total. The van der Waals surface area contributed by atoms with E-state index in [1.807, 2.05) is 20.2 Å². The molecule has 0 radical (unpaired) electrons. The van der Waals surface area contributed by atoms with Crippen molar-refractivity contribution >= 4 is 17.3 Å². The van der Waals surface area contributed by atoms with Crippen LogP contribution in [-0.4, -0.2) is 58.3 Å². The van der Waals surface area contributed by atoms with Crippen LogP contribution in [0.3, 0.4) is 0 Å². The molecular formula is C15H24ClN3O. The number of nitrogens with zero attached hydrogens (tertiary/aromatic N) is 2. The lowest BCUT2D eigenvalue weighted by atomic mass is 10.1. The molecule has 0 amide bonds. The van der Waals surface area contributed by atoms with Crippen LogP contribution < -0.4 is 15.0 Å². The highest BCUT2D eigenvalue weighted by Gasteiger charge is 2.15. The maximum Gasteiger partial charge on any atom is 0.138 e. The van der Waals surface area contributed by atoms with E-state index >= 15 is 0 Å². The summed E-state index contributed by atoms with van der Waals surface area (Å²) < 4.78 is 5.77. The van der Waals surface area contributed by atoms with E-state index in [0.29, 0.717) is 11.6 Å². The van der Waals surface area contributed by atoms with Crippen molar-refractivity contribution in [2.24, 2.45) is 0 Å². The molecule has 1 aromatic rings. The molecule has 1 fully saturated rings. The van der Waals surface area contributed by atoms with Gasteiger partial charge in [0.25, 0.3) is 0 Å². The Bertz CT molecular complexity index is 445. The molecule has 20 heavy (non-hydrogen) atoms. The zero-order chi connectivity index (χ0) is 14.5. The third kappa shape index (κ3) is 4.01. The number of nitrogens with one attached hydrogen (secondary N) is 1. The summed E-state index contributed by atoms with van der Waals surface area (Å²) in [6.07, 6.45) is 0. The van der Waals surface area contributed by atoms with Crippen LogP contribution in [0.15, 0.2) is 12.1 Å². The van der Waals surface area contributed by atoms with Crippen LogP contribution in [0.25, 0.3) is 0 Å². The summed E-state index contributed by atoms with van der Waals surface area (Å²) in [6.45, 7) is 7.76. The smallest absolute Gasteiger partial charge is 0.138 e. The van der Waals surface area contributed by atoms with Gasteiger partial charge in [-0.3, -0.25) is 0 Å². The molecule has 5 heteroatoms. The summed E-state index contributed by atoms with van der Waals surface area (Å²) in [5.74, 6) is 0.782. The highest BCUT2D eigenvalue weighted by atomic mass is 35.5. The lowest BCUT2D eigenvalue weighted by Gasteiger charge is -2.31. The van der Waals surface area contributed by atoms with Crippen LogP contribution >= 0.6 is 11.6 Å². The third-order valence-electron chi connectivity index (χ3n) is 3.50. The van der Waals surface area contributed by atoms with Gasteiger partial charge in [-0.2, -0.15) is 0 Å². The van der Waals surface area contributed by atoms with Crippen LogP contribution in [-0.2, 0) is 0 Å². The molecule has 0 aliphatic carbocycles. The van der Waals surface area contributed by atoms with Crippen LogP contribution in [0.5, 0.6) is 5.75 Å². The molecule has 1 saturated heterocycles. The molecule has 0 atom stereocenters. The van der Waals surface area contributed by atoms with Gasteiger partial charge in [0.15, 0.2) is 0 Å². The minimum Gasteiger partial charge on any atom is -0.491 e. The van der Waals surface area contributed by atoms with E-state index < -0.39 is 0 Å². The van der Waals surface area contributed by atoms with Gasteiger partial charge in [0, 0.05) is 38.4 Å². The van der Waals surface area contributed by atoms with E-state index in [2.05, 4.69) is 28.1 Å². The van der Waals surface area contributed by atoms with Crippen LogP contribution in [0.1, 0.15) is 5.56 Å². The molecule has 2 rings (SSSR count). The molecule has 112 valence electrons. The normalized spacial score (nSPS) is 15.8. The van der Waals surface area contributed by atoms with E-state index in [0.717, 1.165) is 38.5 Å². The maximum atomic E-state index is 6.36. The monoisotopic (exact) mass is 297 g/mol. The lowest BCUT2D eigenvalue weighted by Crippen LogP contribution is -2.43. The molecule has 1 aromatic carbocycles. The second-order valence-corrected chi connectivity index (χ2v) is 5.87. The van der Waals surface area contributed by atoms with E-state index in [4.69, 9.17) is 16.3 Å². The quantitative estimate of drug-likeness (QED) is 0.900. The van der Waals surface area contributed by atoms with E-state index in [-0.39, 0.29) is 0 Å². The van der Waals surface area contributed by atoms with E-state index in [9.17, 15) is 0 Å². The third-order valence-corrected chi connectivity index (χ3v) is 3.80. The number of piperazine rings is 1. The zero-order valence-corrected chi connectivity index (χ0v) is 13.3. The first-order valence-corrected chi connectivity index (χ1v) is 7.49. The second kappa shape index (κ2) is 7.16. The van der Waals surface area contributed by atoms with E-state index in [1.165, 1.54) is 11.3 Å². The second-order valence-electron chi connectivity index (χ2n) is 5.46. The summed E-state index contributed by atoms with van der Waals surface area (Å²) in [4.78, 5) is 4.47. The number of halogens is 1. The predicted molar refractivity (Wildman–Crippen MR) is 85.3 cm³/mol. The average Bonchev–Trinajstić information content (AvgIpc) is 2.43. The number of likely N-dealkylation sites (N-methyl/N-ethyl adjacent to an activating group) is 1. The molecule has 1 aliphatic rings. The first kappa shape index (κ1) is 15.4. The zero-order valence-electron chi connectivity index (χ0n) is 12.6. The summed E-state index contributed by atoms with van der Waals surface area (Å²) in [5, 5.41) is 4.06. The Kier molecular flexibility index (Phi) is 5.52. The number of hydrogen-bond donors (Lipinski definition) is 1. The van der Waals surface area contributed by atoms with Crippen LogP contribution in [0, 0.1) is 6.92 Å². The molecule has 0 bridgehead atoms. The first-order valence-electron chi connectivity index (χ1n) is 7.11. The Morgan fingerprint density at radius 2 is 2.00 bits per heavy atom. The largest absolute Gasteiger partial charge is 0.491 e. The molecule has 1 aliphatic heterocycles. The molecule has 1 heterocycles. The first-order chi connectivity index (χ1) is 9.58. The number of benzene rings is 1. The van der Waals surface area contributed by atoms with Gasteiger partial charge in [0.1, 0.15) is 12.4 Å². The maximum absolute atomic E-state index is 6.36. The number of rotatable bonds is 5. The lowest BCUT2D eigenvalue weighted by molar-refractivity contribution is 0.261. The van der Waals surface area contributed by atoms with Crippen molar-refractivity contribution in [2.45, 2.75) is 6.92 Å². The van der Waals surface area contributed by atoms with Gasteiger partial charge < -0.3 is 19.9 Å². The van der Waals surface area contributed by atoms with Crippen molar-refractivity contribution in [2.75, 3.05) is 58.3 Å². The topological polar surface area (TPSA) is 27.7 Å². The highest BCUT2D eigenvalue weighted by Crippen LogP contribution is 2.33. The van der Waals surface area contributed by atoms with Gasteiger partial charge >= 0.3 is 0 Å². The predicted octanol–water partition coefficient (Wildman–Crippen LogP) is 2.00. The number of anilines is 1. The summed E-state index contributed by atoms with van der Waals surface area (Å²) in [5.41, 5.74) is 2.44. The van der Waals surface area contributed by atoms with Crippen molar-refractivity contribution in [1.29, 1.82) is 0 Å². The Morgan fingerprint density at radius 1 is 1.30 bits per heavy atom. The van der Waals surface area contributed by atoms with Crippen LogP contribution in [0.2, 0.25) is 5.02 Å². The van der Waals surface area contributed by atoms with Gasteiger partial charge in [0.2, 0.25) is 0 Å². The van der Waals surface area contributed by atoms with Gasteiger partial charge in [-0.05, 0) is 38.7 Å². The van der Waals surface area contributed by atoms with Crippen molar-refractivity contribution in [3.05, 3.63) is 22.7 Å². The Hall–Kier alpha value is -0.970. The fourth-order valence-corrected chi connectivity index (χ4v) is 2.55. The fraction of sp³-hybridized carbons (Fsp3) is 0.600. The Morgan fingerprint density at radius 3 is 2.65 bits per heavy atom. The Balaban J connectivity index is 2.07. The molecule has 0 spiro atoms. The number of ether oxygens (including phenoxy) is 1.